The molecule has 0 heterocycles. The van der Waals surface area contributed by atoms with Crippen LogP contribution in [0.3, 0.4) is 0 Å². The minimum atomic E-state index is -0.324. The van der Waals surface area contributed by atoms with Gasteiger partial charge in [0.25, 0.3) is 0 Å². The predicted molar refractivity (Wildman–Crippen MR) is 113 cm³/mol. The molecule has 0 saturated carbocycles. The zero-order chi connectivity index (χ0) is 19.8. The predicted octanol–water partition coefficient (Wildman–Crippen LogP) is 4.23. The highest BCUT2D eigenvalue weighted by Gasteiger charge is 2.10. The van der Waals surface area contributed by atoms with Crippen LogP contribution in [0.15, 0.2) is 42.5 Å². The van der Waals surface area contributed by atoms with E-state index in [4.69, 9.17) is 21.7 Å². The lowest BCUT2D eigenvalue weighted by Crippen LogP contribution is -2.39. The molecule has 0 unspecified atom stereocenters. The Hall–Kier alpha value is -2.60. The standard InChI is InChI=1S/C21H26N2O3S/c1-5-25-20(24)17-8-11-19(15(3)12-17)23-21(27)22-16(4)13-26-18-9-6-14(2)7-10-18/h6-12,16H,5,13H2,1-4H3,(H2,22,23,27)/t16-/m1/s1. The summed E-state index contributed by atoms with van der Waals surface area (Å²) in [5, 5.41) is 6.86. The molecule has 2 aromatic rings. The Morgan fingerprint density at radius 1 is 1.15 bits per heavy atom. The molecule has 0 aliphatic carbocycles. The summed E-state index contributed by atoms with van der Waals surface area (Å²) in [5.41, 5.74) is 3.47. The molecule has 0 fully saturated rings. The van der Waals surface area contributed by atoms with Crippen LogP contribution in [-0.2, 0) is 4.74 Å². The van der Waals surface area contributed by atoms with Crippen molar-refractivity contribution < 1.29 is 14.3 Å². The van der Waals surface area contributed by atoms with Crippen LogP contribution in [0.2, 0.25) is 0 Å². The molecule has 2 N–H and O–H groups in total. The third-order valence-electron chi connectivity index (χ3n) is 3.88. The van der Waals surface area contributed by atoms with Crippen LogP contribution in [0.25, 0.3) is 0 Å². The molecule has 0 aliphatic rings. The number of carbonyl (C=O) groups excluding carboxylic acids is 1. The fourth-order valence-electron chi connectivity index (χ4n) is 2.42. The van der Waals surface area contributed by atoms with E-state index in [9.17, 15) is 4.79 Å². The highest BCUT2D eigenvalue weighted by atomic mass is 32.1. The number of ether oxygens (including phenoxy) is 2. The van der Waals surface area contributed by atoms with Crippen LogP contribution in [0.1, 0.15) is 35.3 Å². The van der Waals surface area contributed by atoms with Gasteiger partial charge in [-0.15, -0.1) is 0 Å². The van der Waals surface area contributed by atoms with E-state index in [1.807, 2.05) is 51.1 Å². The van der Waals surface area contributed by atoms with Gasteiger partial charge >= 0.3 is 5.97 Å². The lowest BCUT2D eigenvalue weighted by atomic mass is 10.1. The molecule has 144 valence electrons. The number of thiocarbonyl (C=S) groups is 1. The van der Waals surface area contributed by atoms with Crippen molar-refractivity contribution in [3.05, 3.63) is 59.2 Å². The summed E-state index contributed by atoms with van der Waals surface area (Å²) >= 11 is 5.38. The second-order valence-electron chi connectivity index (χ2n) is 6.37. The van der Waals surface area contributed by atoms with Crippen LogP contribution < -0.4 is 15.4 Å². The van der Waals surface area contributed by atoms with Crippen molar-refractivity contribution in [2.24, 2.45) is 0 Å². The first-order valence-corrected chi connectivity index (χ1v) is 9.34. The molecular weight excluding hydrogens is 360 g/mol. The molecular formula is C21H26N2O3S. The zero-order valence-corrected chi connectivity index (χ0v) is 17.0. The van der Waals surface area contributed by atoms with Crippen LogP contribution in [0, 0.1) is 13.8 Å². The van der Waals surface area contributed by atoms with E-state index in [1.54, 1.807) is 19.1 Å². The van der Waals surface area contributed by atoms with Crippen molar-refractivity contribution in [1.29, 1.82) is 0 Å². The maximum Gasteiger partial charge on any atom is 0.338 e. The molecule has 2 rings (SSSR count). The normalized spacial score (nSPS) is 11.4. The smallest absolute Gasteiger partial charge is 0.338 e. The monoisotopic (exact) mass is 386 g/mol. The van der Waals surface area contributed by atoms with Crippen molar-refractivity contribution >= 4 is 29.0 Å². The Kier molecular flexibility index (Phi) is 7.61. The number of esters is 1. The van der Waals surface area contributed by atoms with Crippen LogP contribution in [0.4, 0.5) is 5.69 Å². The number of nitrogens with one attached hydrogen (secondary N) is 2. The van der Waals surface area contributed by atoms with E-state index >= 15 is 0 Å². The average molecular weight is 387 g/mol. The minimum Gasteiger partial charge on any atom is -0.491 e. The Morgan fingerprint density at radius 2 is 1.85 bits per heavy atom. The maximum atomic E-state index is 11.8. The maximum absolute atomic E-state index is 11.8. The molecule has 6 heteroatoms. The number of benzene rings is 2. The number of rotatable bonds is 7. The molecule has 5 nitrogen and oxygen atoms in total. The number of carbonyl (C=O) groups is 1. The van der Waals surface area contributed by atoms with Crippen molar-refractivity contribution in [2.45, 2.75) is 33.7 Å². The van der Waals surface area contributed by atoms with Gasteiger partial charge < -0.3 is 20.1 Å². The third-order valence-corrected chi connectivity index (χ3v) is 4.10. The Morgan fingerprint density at radius 3 is 2.48 bits per heavy atom. The molecule has 2 aromatic carbocycles. The Bertz CT molecular complexity index is 791. The first-order chi connectivity index (χ1) is 12.9. The largest absolute Gasteiger partial charge is 0.491 e. The fourth-order valence-corrected chi connectivity index (χ4v) is 2.74. The molecule has 0 bridgehead atoms. The Balaban J connectivity index is 1.85. The topological polar surface area (TPSA) is 59.6 Å². The van der Waals surface area contributed by atoms with Gasteiger partial charge in [0.15, 0.2) is 5.11 Å². The van der Waals surface area contributed by atoms with Gasteiger partial charge in [-0.3, -0.25) is 0 Å². The molecule has 0 amide bonds. The molecule has 0 radical (unpaired) electrons. The molecule has 0 aliphatic heterocycles. The summed E-state index contributed by atoms with van der Waals surface area (Å²) in [7, 11) is 0. The quantitative estimate of drug-likeness (QED) is 0.548. The van der Waals surface area contributed by atoms with Crippen molar-refractivity contribution in [2.75, 3.05) is 18.5 Å². The van der Waals surface area contributed by atoms with Crippen molar-refractivity contribution in [3.8, 4) is 5.75 Å². The SMILES string of the molecule is CCOC(=O)c1ccc(NC(=S)N[C@H](C)COc2ccc(C)cc2)c(C)c1. The summed E-state index contributed by atoms with van der Waals surface area (Å²) in [6.45, 7) is 8.59. The van der Waals surface area contributed by atoms with Gasteiger partial charge in [-0.05, 0) is 75.8 Å². The van der Waals surface area contributed by atoms with Gasteiger partial charge in [-0.2, -0.15) is 0 Å². The first kappa shape index (κ1) is 20.7. The third kappa shape index (κ3) is 6.57. The summed E-state index contributed by atoms with van der Waals surface area (Å²) in [4.78, 5) is 11.8. The summed E-state index contributed by atoms with van der Waals surface area (Å²) in [5.74, 6) is 0.508. The average Bonchev–Trinajstić information content (AvgIpc) is 2.63. The van der Waals surface area contributed by atoms with Crippen molar-refractivity contribution in [3.63, 3.8) is 0 Å². The van der Waals surface area contributed by atoms with Gasteiger partial charge in [0, 0.05) is 5.69 Å². The summed E-state index contributed by atoms with van der Waals surface area (Å²) < 4.78 is 10.8. The second-order valence-corrected chi connectivity index (χ2v) is 6.78. The van der Waals surface area contributed by atoms with E-state index < -0.39 is 0 Å². The van der Waals surface area contributed by atoms with Crippen LogP contribution in [0.5, 0.6) is 5.75 Å². The van der Waals surface area contributed by atoms with Gasteiger partial charge in [-0.25, -0.2) is 4.79 Å². The zero-order valence-electron chi connectivity index (χ0n) is 16.2. The van der Waals surface area contributed by atoms with Gasteiger partial charge in [-0.1, -0.05) is 17.7 Å². The van der Waals surface area contributed by atoms with E-state index in [-0.39, 0.29) is 12.0 Å². The van der Waals surface area contributed by atoms with E-state index in [0.29, 0.717) is 23.9 Å². The number of aryl methyl sites for hydroxylation is 2. The molecule has 1 atom stereocenters. The number of hydrogen-bond donors (Lipinski definition) is 2. The number of anilines is 1. The minimum absolute atomic E-state index is 0.0328. The van der Waals surface area contributed by atoms with Gasteiger partial charge in [0.05, 0.1) is 18.2 Å². The van der Waals surface area contributed by atoms with Crippen LogP contribution in [-0.4, -0.2) is 30.3 Å². The lowest BCUT2D eigenvalue weighted by molar-refractivity contribution is 0.0526. The second kappa shape index (κ2) is 9.92. The van der Waals surface area contributed by atoms with Gasteiger partial charge in [0.2, 0.25) is 0 Å². The Labute approximate surface area is 166 Å². The first-order valence-electron chi connectivity index (χ1n) is 8.93. The lowest BCUT2D eigenvalue weighted by Gasteiger charge is -2.18. The fraction of sp³-hybridized carbons (Fsp3) is 0.333. The molecule has 0 aromatic heterocycles. The van der Waals surface area contributed by atoms with E-state index in [2.05, 4.69) is 10.6 Å². The van der Waals surface area contributed by atoms with Crippen molar-refractivity contribution in [1.82, 2.24) is 5.32 Å². The molecule has 0 saturated heterocycles. The van der Waals surface area contributed by atoms with Gasteiger partial charge in [0.1, 0.15) is 12.4 Å². The summed E-state index contributed by atoms with van der Waals surface area (Å²) in [6, 6.07) is 13.3. The molecule has 27 heavy (non-hydrogen) atoms. The molecule has 0 spiro atoms. The van der Waals surface area contributed by atoms with E-state index in [0.717, 1.165) is 17.0 Å². The van der Waals surface area contributed by atoms with Crippen LogP contribution >= 0.6 is 12.2 Å². The highest BCUT2D eigenvalue weighted by Crippen LogP contribution is 2.17. The van der Waals surface area contributed by atoms with E-state index in [1.165, 1.54) is 5.56 Å². The summed E-state index contributed by atoms with van der Waals surface area (Å²) in [6.07, 6.45) is 0. The number of hydrogen-bond acceptors (Lipinski definition) is 4. The highest BCUT2D eigenvalue weighted by molar-refractivity contribution is 7.80.